The summed E-state index contributed by atoms with van der Waals surface area (Å²) >= 11 is 1.29. The molecule has 1 amide bonds. The maximum Gasteiger partial charge on any atom is 0.234 e. The van der Waals surface area contributed by atoms with E-state index in [0.717, 1.165) is 16.8 Å². The van der Waals surface area contributed by atoms with Crippen molar-refractivity contribution in [2.75, 3.05) is 41.7 Å². The first-order valence-electron chi connectivity index (χ1n) is 10.5. The van der Waals surface area contributed by atoms with Gasteiger partial charge in [0, 0.05) is 11.8 Å². The molecule has 0 aromatic heterocycles. The second-order valence-corrected chi connectivity index (χ2v) is 11.3. The Bertz CT molecular complexity index is 1210. The molecule has 0 saturated carbocycles. The standard InChI is InChI=1S/C23H27N3O5S2/c1-14-5-6-15(2)17(9-14)24-22(27)11-32-23-25-18-12-33(28,29)13-20(18)26(23)19-10-16(30-3)7-8-21(19)31-4/h5-10,18,20H,11-13H2,1-4H3,(H,24,27)/t18-,20+/m1/s1. The lowest BCUT2D eigenvalue weighted by Crippen LogP contribution is -2.39. The number of aliphatic imine (C=N–C) groups is 1. The number of nitrogens with one attached hydrogen (secondary N) is 1. The first-order chi connectivity index (χ1) is 15.7. The second-order valence-electron chi connectivity index (χ2n) is 8.19. The number of fused-ring (bicyclic) bond motifs is 1. The van der Waals surface area contributed by atoms with Gasteiger partial charge in [-0.3, -0.25) is 9.79 Å². The van der Waals surface area contributed by atoms with E-state index in [4.69, 9.17) is 14.5 Å². The van der Waals surface area contributed by atoms with E-state index in [0.29, 0.717) is 22.4 Å². The highest BCUT2D eigenvalue weighted by atomic mass is 32.2. The van der Waals surface area contributed by atoms with E-state index in [-0.39, 0.29) is 35.2 Å². The molecule has 2 aliphatic heterocycles. The highest BCUT2D eigenvalue weighted by Gasteiger charge is 2.48. The van der Waals surface area contributed by atoms with E-state index in [1.165, 1.54) is 11.8 Å². The van der Waals surface area contributed by atoms with Crippen molar-refractivity contribution >= 4 is 44.0 Å². The lowest BCUT2D eigenvalue weighted by atomic mass is 10.1. The summed E-state index contributed by atoms with van der Waals surface area (Å²) in [6, 6.07) is 10.5. The van der Waals surface area contributed by atoms with Crippen LogP contribution in [0.2, 0.25) is 0 Å². The fourth-order valence-corrected chi connectivity index (χ4v) is 6.85. The van der Waals surface area contributed by atoms with Gasteiger partial charge in [0.25, 0.3) is 0 Å². The molecule has 0 bridgehead atoms. The summed E-state index contributed by atoms with van der Waals surface area (Å²) in [4.78, 5) is 19.3. The van der Waals surface area contributed by atoms with Gasteiger partial charge in [0.15, 0.2) is 15.0 Å². The Morgan fingerprint density at radius 3 is 2.67 bits per heavy atom. The number of anilines is 2. The molecule has 0 aliphatic carbocycles. The lowest BCUT2D eigenvalue weighted by Gasteiger charge is -2.28. The van der Waals surface area contributed by atoms with E-state index in [1.807, 2.05) is 36.9 Å². The number of benzene rings is 2. The van der Waals surface area contributed by atoms with Gasteiger partial charge in [0.1, 0.15) is 11.5 Å². The number of thioether (sulfide) groups is 1. The lowest BCUT2D eigenvalue weighted by molar-refractivity contribution is -0.113. The molecule has 2 aliphatic rings. The van der Waals surface area contributed by atoms with Crippen molar-refractivity contribution in [3.05, 3.63) is 47.5 Å². The minimum atomic E-state index is -3.20. The van der Waals surface area contributed by atoms with Gasteiger partial charge in [-0.25, -0.2) is 8.42 Å². The number of aryl methyl sites for hydroxylation is 2. The first-order valence-corrected chi connectivity index (χ1v) is 13.3. The Morgan fingerprint density at radius 1 is 1.15 bits per heavy atom. The number of hydrogen-bond donors (Lipinski definition) is 1. The van der Waals surface area contributed by atoms with Crippen LogP contribution in [0.5, 0.6) is 11.5 Å². The summed E-state index contributed by atoms with van der Waals surface area (Å²) in [6.07, 6.45) is 0. The zero-order chi connectivity index (χ0) is 23.8. The molecule has 1 saturated heterocycles. The van der Waals surface area contributed by atoms with Crippen molar-refractivity contribution < 1.29 is 22.7 Å². The third-order valence-electron chi connectivity index (χ3n) is 5.75. The molecule has 0 radical (unpaired) electrons. The predicted octanol–water partition coefficient (Wildman–Crippen LogP) is 3.03. The zero-order valence-corrected chi connectivity index (χ0v) is 20.6. The predicted molar refractivity (Wildman–Crippen MR) is 133 cm³/mol. The normalized spacial score (nSPS) is 20.8. The Morgan fingerprint density at radius 2 is 1.94 bits per heavy atom. The smallest absolute Gasteiger partial charge is 0.234 e. The summed E-state index contributed by atoms with van der Waals surface area (Å²) in [5.74, 6) is 1.18. The average Bonchev–Trinajstić information content (AvgIpc) is 3.25. The molecule has 2 aromatic carbocycles. The maximum absolute atomic E-state index is 12.7. The average molecular weight is 490 g/mol. The van der Waals surface area contributed by atoms with Crippen LogP contribution in [0.15, 0.2) is 41.4 Å². The molecule has 4 rings (SSSR count). The molecule has 176 valence electrons. The molecule has 1 fully saturated rings. The summed E-state index contributed by atoms with van der Waals surface area (Å²) < 4.78 is 35.5. The molecular weight excluding hydrogens is 462 g/mol. The number of carbonyl (C=O) groups excluding carboxylic acids is 1. The molecule has 8 nitrogen and oxygen atoms in total. The highest BCUT2D eigenvalue weighted by Crippen LogP contribution is 2.41. The molecule has 2 heterocycles. The van der Waals surface area contributed by atoms with Gasteiger partial charge in [0.05, 0.1) is 49.2 Å². The number of nitrogens with zero attached hydrogens (tertiary/aromatic N) is 2. The summed E-state index contributed by atoms with van der Waals surface area (Å²) in [5.41, 5.74) is 3.50. The van der Waals surface area contributed by atoms with Crippen LogP contribution in [-0.2, 0) is 14.6 Å². The number of rotatable bonds is 6. The Balaban J connectivity index is 1.58. The van der Waals surface area contributed by atoms with Crippen LogP contribution in [0.1, 0.15) is 11.1 Å². The SMILES string of the molecule is COc1ccc(OC)c(N2C(SCC(=O)Nc3cc(C)ccc3C)=N[C@@H]3CS(=O)(=O)C[C@@H]32)c1. The summed E-state index contributed by atoms with van der Waals surface area (Å²) in [6.45, 7) is 3.92. The number of amides is 1. The molecule has 2 atom stereocenters. The van der Waals surface area contributed by atoms with Crippen LogP contribution >= 0.6 is 11.8 Å². The molecule has 1 N–H and O–H groups in total. The summed E-state index contributed by atoms with van der Waals surface area (Å²) in [7, 11) is -0.0647. The number of carbonyl (C=O) groups is 1. The van der Waals surface area contributed by atoms with Gasteiger partial charge in [-0.2, -0.15) is 0 Å². The third-order valence-corrected chi connectivity index (χ3v) is 8.42. The summed E-state index contributed by atoms with van der Waals surface area (Å²) in [5, 5.41) is 3.56. The fraction of sp³-hybridized carbons (Fsp3) is 0.391. The van der Waals surface area contributed by atoms with Gasteiger partial charge < -0.3 is 19.7 Å². The molecule has 0 spiro atoms. The van der Waals surface area contributed by atoms with Crippen molar-refractivity contribution in [1.29, 1.82) is 0 Å². The molecule has 33 heavy (non-hydrogen) atoms. The van der Waals surface area contributed by atoms with Crippen molar-refractivity contribution in [3.63, 3.8) is 0 Å². The van der Waals surface area contributed by atoms with Gasteiger partial charge in [-0.05, 0) is 43.2 Å². The third kappa shape index (κ3) is 4.96. The van der Waals surface area contributed by atoms with Gasteiger partial charge >= 0.3 is 0 Å². The van der Waals surface area contributed by atoms with Crippen LogP contribution in [0, 0.1) is 13.8 Å². The van der Waals surface area contributed by atoms with Crippen LogP contribution in [-0.4, -0.2) is 63.1 Å². The number of sulfone groups is 1. The topological polar surface area (TPSA) is 97.3 Å². The van der Waals surface area contributed by atoms with Crippen LogP contribution in [0.3, 0.4) is 0 Å². The van der Waals surface area contributed by atoms with Crippen molar-refractivity contribution in [2.24, 2.45) is 4.99 Å². The van der Waals surface area contributed by atoms with Crippen molar-refractivity contribution in [1.82, 2.24) is 0 Å². The Hall–Kier alpha value is -2.72. The van der Waals surface area contributed by atoms with E-state index < -0.39 is 9.84 Å². The van der Waals surface area contributed by atoms with Crippen LogP contribution in [0.25, 0.3) is 0 Å². The zero-order valence-electron chi connectivity index (χ0n) is 19.0. The number of amidine groups is 1. The van der Waals surface area contributed by atoms with Gasteiger partial charge in [-0.1, -0.05) is 23.9 Å². The number of ether oxygens (including phenoxy) is 2. The monoisotopic (exact) mass is 489 g/mol. The van der Waals surface area contributed by atoms with Crippen molar-refractivity contribution in [3.8, 4) is 11.5 Å². The molecule has 0 unspecified atom stereocenters. The van der Waals surface area contributed by atoms with Gasteiger partial charge in [0.2, 0.25) is 5.91 Å². The number of methoxy groups -OCH3 is 2. The van der Waals surface area contributed by atoms with E-state index in [1.54, 1.807) is 32.4 Å². The van der Waals surface area contributed by atoms with E-state index in [9.17, 15) is 13.2 Å². The minimum Gasteiger partial charge on any atom is -0.497 e. The number of hydrogen-bond acceptors (Lipinski definition) is 8. The van der Waals surface area contributed by atoms with Crippen LogP contribution in [0.4, 0.5) is 11.4 Å². The maximum atomic E-state index is 12.7. The van der Waals surface area contributed by atoms with Crippen LogP contribution < -0.4 is 19.7 Å². The molecule has 10 heteroatoms. The van der Waals surface area contributed by atoms with Crippen molar-refractivity contribution in [2.45, 2.75) is 25.9 Å². The molecular formula is C23H27N3O5S2. The first kappa shape index (κ1) is 23.4. The minimum absolute atomic E-state index is 0.000272. The Labute approximate surface area is 198 Å². The second kappa shape index (κ2) is 9.26. The van der Waals surface area contributed by atoms with Gasteiger partial charge in [-0.15, -0.1) is 0 Å². The molecule has 2 aromatic rings. The quantitative estimate of drug-likeness (QED) is 0.666. The Kier molecular flexibility index (Phi) is 6.58. The van der Waals surface area contributed by atoms with E-state index >= 15 is 0 Å². The highest BCUT2D eigenvalue weighted by molar-refractivity contribution is 8.14. The fourth-order valence-electron chi connectivity index (χ4n) is 4.09. The largest absolute Gasteiger partial charge is 0.497 e. The van der Waals surface area contributed by atoms with E-state index in [2.05, 4.69) is 5.32 Å².